The van der Waals surface area contributed by atoms with Gasteiger partial charge in [-0.1, -0.05) is 18.2 Å². The molecule has 2 aromatic heterocycles. The van der Waals surface area contributed by atoms with Gasteiger partial charge in [-0.05, 0) is 30.7 Å². The molecule has 0 aliphatic carbocycles. The summed E-state index contributed by atoms with van der Waals surface area (Å²) in [5.74, 6) is 1.02. The lowest BCUT2D eigenvalue weighted by Gasteiger charge is -2.09. The molecule has 0 saturated heterocycles. The molecule has 3 N–H and O–H groups in total. The van der Waals surface area contributed by atoms with Crippen molar-refractivity contribution in [3.8, 4) is 0 Å². The van der Waals surface area contributed by atoms with Gasteiger partial charge >= 0.3 is 0 Å². The molecule has 0 aliphatic heterocycles. The van der Waals surface area contributed by atoms with Crippen LogP contribution in [0.25, 0.3) is 10.9 Å². The zero-order valence-corrected chi connectivity index (χ0v) is 11.2. The van der Waals surface area contributed by atoms with Gasteiger partial charge in [0.2, 0.25) is 5.95 Å². The zero-order valence-electron chi connectivity index (χ0n) is 11.2. The highest BCUT2D eigenvalue weighted by molar-refractivity contribution is 5.89. The van der Waals surface area contributed by atoms with Crippen molar-refractivity contribution < 1.29 is 0 Å². The van der Waals surface area contributed by atoms with E-state index in [0.29, 0.717) is 6.54 Å². The summed E-state index contributed by atoms with van der Waals surface area (Å²) in [4.78, 5) is 12.8. The van der Waals surface area contributed by atoms with Crippen LogP contribution in [0.15, 0.2) is 42.6 Å². The smallest absolute Gasteiger partial charge is 0.222 e. The number of benzene rings is 1. The summed E-state index contributed by atoms with van der Waals surface area (Å²) in [5, 5.41) is 4.25. The molecule has 100 valence electrons. The third kappa shape index (κ3) is 2.51. The Morgan fingerprint density at radius 3 is 2.75 bits per heavy atom. The number of para-hydroxylation sites is 1. The van der Waals surface area contributed by atoms with Crippen LogP contribution in [0, 0.1) is 6.92 Å². The van der Waals surface area contributed by atoms with Gasteiger partial charge < -0.3 is 11.1 Å². The van der Waals surface area contributed by atoms with E-state index in [4.69, 9.17) is 5.73 Å². The highest BCUT2D eigenvalue weighted by atomic mass is 15.1. The molecular formula is C15H15N5. The van der Waals surface area contributed by atoms with Crippen LogP contribution in [0.1, 0.15) is 11.3 Å². The Bertz CT molecular complexity index is 737. The van der Waals surface area contributed by atoms with Gasteiger partial charge in [0.05, 0.1) is 5.52 Å². The van der Waals surface area contributed by atoms with Gasteiger partial charge in [0, 0.05) is 23.8 Å². The third-order valence-electron chi connectivity index (χ3n) is 3.05. The lowest BCUT2D eigenvalue weighted by Crippen LogP contribution is -2.05. The summed E-state index contributed by atoms with van der Waals surface area (Å²) in [6.07, 6.45) is 1.86. The van der Waals surface area contributed by atoms with E-state index >= 15 is 0 Å². The quantitative estimate of drug-likeness (QED) is 0.761. The van der Waals surface area contributed by atoms with Crippen LogP contribution in [0.2, 0.25) is 0 Å². The van der Waals surface area contributed by atoms with Gasteiger partial charge in [-0.2, -0.15) is 4.98 Å². The standard InChI is InChI=1S/C15H15N5/c1-10-6-7-11(8-17-10)9-18-14-12-4-2-3-5-13(12)19-15(16)20-14/h2-8H,9H2,1H3,(H3,16,18,19,20). The molecule has 0 amide bonds. The normalized spacial score (nSPS) is 10.7. The van der Waals surface area contributed by atoms with Crippen LogP contribution in [0.5, 0.6) is 0 Å². The molecule has 0 fully saturated rings. The Kier molecular flexibility index (Phi) is 3.16. The Morgan fingerprint density at radius 1 is 1.10 bits per heavy atom. The summed E-state index contributed by atoms with van der Waals surface area (Å²) in [5.41, 5.74) is 8.68. The minimum absolute atomic E-state index is 0.272. The lowest BCUT2D eigenvalue weighted by molar-refractivity contribution is 1.07. The van der Waals surface area contributed by atoms with Gasteiger partial charge in [0.1, 0.15) is 5.82 Å². The number of nitrogen functional groups attached to an aromatic ring is 1. The van der Waals surface area contributed by atoms with Gasteiger partial charge in [-0.25, -0.2) is 4.98 Å². The maximum Gasteiger partial charge on any atom is 0.222 e. The number of nitrogens with zero attached hydrogens (tertiary/aromatic N) is 3. The number of aryl methyl sites for hydroxylation is 1. The molecule has 0 radical (unpaired) electrons. The summed E-state index contributed by atoms with van der Waals surface area (Å²) in [6.45, 7) is 2.61. The van der Waals surface area contributed by atoms with Crippen LogP contribution in [0.3, 0.4) is 0 Å². The highest BCUT2D eigenvalue weighted by Crippen LogP contribution is 2.21. The molecule has 0 aliphatic rings. The number of hydrogen-bond donors (Lipinski definition) is 2. The monoisotopic (exact) mass is 265 g/mol. The largest absolute Gasteiger partial charge is 0.368 e. The number of nitrogens with two attached hydrogens (primary N) is 1. The molecule has 0 saturated carbocycles. The van der Waals surface area contributed by atoms with E-state index in [1.54, 1.807) is 0 Å². The first kappa shape index (κ1) is 12.3. The topological polar surface area (TPSA) is 76.7 Å². The van der Waals surface area contributed by atoms with E-state index in [1.165, 1.54) is 0 Å². The minimum Gasteiger partial charge on any atom is -0.368 e. The van der Waals surface area contributed by atoms with E-state index in [9.17, 15) is 0 Å². The molecule has 0 spiro atoms. The van der Waals surface area contributed by atoms with Crippen LogP contribution in [-0.2, 0) is 6.54 Å². The van der Waals surface area contributed by atoms with Gasteiger partial charge in [-0.3, -0.25) is 4.98 Å². The summed E-state index contributed by atoms with van der Waals surface area (Å²) >= 11 is 0. The van der Waals surface area contributed by atoms with E-state index < -0.39 is 0 Å². The molecule has 1 aromatic carbocycles. The second kappa shape index (κ2) is 5.13. The second-order valence-electron chi connectivity index (χ2n) is 4.61. The molecule has 3 aromatic rings. The molecule has 20 heavy (non-hydrogen) atoms. The average Bonchev–Trinajstić information content (AvgIpc) is 2.46. The molecular weight excluding hydrogens is 250 g/mol. The van der Waals surface area contributed by atoms with Crippen LogP contribution >= 0.6 is 0 Å². The maximum absolute atomic E-state index is 5.74. The summed E-state index contributed by atoms with van der Waals surface area (Å²) < 4.78 is 0. The van der Waals surface area contributed by atoms with E-state index in [1.807, 2.05) is 49.5 Å². The van der Waals surface area contributed by atoms with E-state index in [-0.39, 0.29) is 5.95 Å². The number of rotatable bonds is 3. The molecule has 5 nitrogen and oxygen atoms in total. The highest BCUT2D eigenvalue weighted by Gasteiger charge is 2.05. The molecule has 0 atom stereocenters. The number of nitrogens with one attached hydrogen (secondary N) is 1. The third-order valence-corrected chi connectivity index (χ3v) is 3.05. The maximum atomic E-state index is 5.74. The van der Waals surface area contributed by atoms with Crippen LogP contribution < -0.4 is 11.1 Å². The Labute approximate surface area is 116 Å². The van der Waals surface area contributed by atoms with E-state index in [0.717, 1.165) is 28.0 Å². The van der Waals surface area contributed by atoms with Crippen LogP contribution in [0.4, 0.5) is 11.8 Å². The number of hydrogen-bond acceptors (Lipinski definition) is 5. The Balaban J connectivity index is 1.88. The molecule has 0 bridgehead atoms. The molecule has 2 heterocycles. The van der Waals surface area contributed by atoms with Crippen molar-refractivity contribution in [2.24, 2.45) is 0 Å². The number of anilines is 2. The van der Waals surface area contributed by atoms with Gasteiger partial charge in [0.25, 0.3) is 0 Å². The van der Waals surface area contributed by atoms with Crippen molar-refractivity contribution in [3.05, 3.63) is 53.9 Å². The first-order valence-corrected chi connectivity index (χ1v) is 6.40. The predicted molar refractivity (Wildman–Crippen MR) is 80.3 cm³/mol. The number of aromatic nitrogens is 3. The van der Waals surface area contributed by atoms with Gasteiger partial charge in [0.15, 0.2) is 0 Å². The van der Waals surface area contributed by atoms with Crippen molar-refractivity contribution in [1.82, 2.24) is 15.0 Å². The van der Waals surface area contributed by atoms with Crippen molar-refractivity contribution in [2.45, 2.75) is 13.5 Å². The van der Waals surface area contributed by atoms with Crippen molar-refractivity contribution in [3.63, 3.8) is 0 Å². The van der Waals surface area contributed by atoms with Crippen molar-refractivity contribution in [1.29, 1.82) is 0 Å². The predicted octanol–water partition coefficient (Wildman–Crippen LogP) is 2.53. The van der Waals surface area contributed by atoms with Crippen molar-refractivity contribution in [2.75, 3.05) is 11.1 Å². The lowest BCUT2D eigenvalue weighted by atomic mass is 10.2. The fraction of sp³-hybridized carbons (Fsp3) is 0.133. The van der Waals surface area contributed by atoms with Gasteiger partial charge in [-0.15, -0.1) is 0 Å². The summed E-state index contributed by atoms with van der Waals surface area (Å²) in [7, 11) is 0. The molecule has 0 unspecified atom stereocenters. The second-order valence-corrected chi connectivity index (χ2v) is 4.61. The average molecular weight is 265 g/mol. The fourth-order valence-electron chi connectivity index (χ4n) is 2.02. The Morgan fingerprint density at radius 2 is 1.95 bits per heavy atom. The Hall–Kier alpha value is -2.69. The molecule has 3 rings (SSSR count). The van der Waals surface area contributed by atoms with Crippen molar-refractivity contribution >= 4 is 22.7 Å². The van der Waals surface area contributed by atoms with Crippen LogP contribution in [-0.4, -0.2) is 15.0 Å². The fourth-order valence-corrected chi connectivity index (χ4v) is 2.02. The SMILES string of the molecule is Cc1ccc(CNc2nc(N)nc3ccccc23)cn1. The summed E-state index contributed by atoms with van der Waals surface area (Å²) in [6, 6.07) is 11.8. The molecule has 5 heteroatoms. The number of fused-ring (bicyclic) bond motifs is 1. The number of pyridine rings is 1. The van der Waals surface area contributed by atoms with E-state index in [2.05, 4.69) is 20.3 Å². The first-order valence-electron chi connectivity index (χ1n) is 6.40. The minimum atomic E-state index is 0.272. The zero-order chi connectivity index (χ0) is 13.9. The first-order chi connectivity index (χ1) is 9.72.